The maximum atomic E-state index is 2.47. The molecule has 10 rings (SSSR count). The van der Waals surface area contributed by atoms with Gasteiger partial charge in [-0.25, -0.2) is 0 Å². The van der Waals surface area contributed by atoms with E-state index in [4.69, 9.17) is 0 Å². The second-order valence-electron chi connectivity index (χ2n) is 12.8. The van der Waals surface area contributed by atoms with Gasteiger partial charge in [0.25, 0.3) is 0 Å². The first kappa shape index (κ1) is 27.5. The van der Waals surface area contributed by atoms with Crippen molar-refractivity contribution < 1.29 is 0 Å². The molecule has 6 aromatic carbocycles. The van der Waals surface area contributed by atoms with Crippen LogP contribution in [0.4, 0.5) is 0 Å². The second-order valence-corrected chi connectivity index (χ2v) is 13.9. The van der Waals surface area contributed by atoms with Gasteiger partial charge in [0, 0.05) is 32.1 Å². The highest BCUT2D eigenvalue weighted by atomic mass is 32.2. The summed E-state index contributed by atoms with van der Waals surface area (Å²) in [5, 5.41) is 2.53. The predicted molar refractivity (Wildman–Crippen MR) is 204 cm³/mol. The summed E-state index contributed by atoms with van der Waals surface area (Å²) in [5.74, 6) is 0.484. The minimum Gasteiger partial charge on any atom is -0.309 e. The quantitative estimate of drug-likeness (QED) is 0.188. The van der Waals surface area contributed by atoms with Crippen LogP contribution in [0.15, 0.2) is 185 Å². The Kier molecular flexibility index (Phi) is 6.32. The summed E-state index contributed by atoms with van der Waals surface area (Å²) in [5.41, 5.74) is 15.2. The molecule has 0 saturated carbocycles. The van der Waals surface area contributed by atoms with Gasteiger partial charge in [0.05, 0.1) is 16.7 Å². The zero-order valence-corrected chi connectivity index (χ0v) is 27.1. The summed E-state index contributed by atoms with van der Waals surface area (Å²) in [6.45, 7) is 0. The second kappa shape index (κ2) is 11.0. The van der Waals surface area contributed by atoms with E-state index in [0.717, 1.165) is 6.42 Å². The van der Waals surface area contributed by atoms with Crippen molar-refractivity contribution in [1.82, 2.24) is 4.57 Å². The molecular formula is C46H31NS. The molecule has 0 N–H and O–H groups in total. The lowest BCUT2D eigenvalue weighted by atomic mass is 9.81. The van der Waals surface area contributed by atoms with Crippen molar-refractivity contribution in [2.75, 3.05) is 0 Å². The third-order valence-electron chi connectivity index (χ3n) is 10.1. The molecule has 0 spiro atoms. The van der Waals surface area contributed by atoms with Crippen molar-refractivity contribution in [2.45, 2.75) is 11.3 Å². The summed E-state index contributed by atoms with van der Waals surface area (Å²) in [6.07, 6.45) is 12.7. The van der Waals surface area contributed by atoms with Gasteiger partial charge in [0.15, 0.2) is 0 Å². The Labute approximate surface area is 284 Å². The number of aromatic nitrogens is 1. The standard InChI is InChI=1S/C46H31NS/c1-3-11-30(12-4-1)35-21-24-36(31-13-5-2-6-14-31)43(29-35)47-41-19-8-7-17-37(41)39-27-33(22-25-42(39)47)34-23-26-44-40(28-34)38-18-9-15-32-16-10-20-45(48-44)46(32)38/h1-14,16-29,32H,15H2. The van der Waals surface area contributed by atoms with Gasteiger partial charge in [-0.05, 0) is 93.4 Å². The molecule has 1 aliphatic heterocycles. The summed E-state index contributed by atoms with van der Waals surface area (Å²) < 4.78 is 2.47. The number of allylic oxidation sites excluding steroid dienone is 7. The topological polar surface area (TPSA) is 4.93 Å². The Balaban J connectivity index is 1.17. The average Bonchev–Trinajstić information content (AvgIpc) is 3.49. The first-order valence-electron chi connectivity index (χ1n) is 16.7. The third-order valence-corrected chi connectivity index (χ3v) is 11.3. The van der Waals surface area contributed by atoms with Gasteiger partial charge < -0.3 is 4.57 Å². The molecule has 1 nitrogen and oxygen atoms in total. The highest BCUT2D eigenvalue weighted by Crippen LogP contribution is 2.52. The van der Waals surface area contributed by atoms with E-state index in [-0.39, 0.29) is 0 Å². The highest BCUT2D eigenvalue weighted by Gasteiger charge is 2.30. The zero-order chi connectivity index (χ0) is 31.6. The van der Waals surface area contributed by atoms with E-state index < -0.39 is 0 Å². The fourth-order valence-electron chi connectivity index (χ4n) is 7.85. The Morgan fingerprint density at radius 3 is 2.15 bits per heavy atom. The lowest BCUT2D eigenvalue weighted by molar-refractivity contribution is 0.779. The van der Waals surface area contributed by atoms with Crippen molar-refractivity contribution in [3.8, 4) is 39.1 Å². The largest absolute Gasteiger partial charge is 0.309 e. The van der Waals surface area contributed by atoms with Gasteiger partial charge in [-0.3, -0.25) is 0 Å². The molecule has 0 amide bonds. The van der Waals surface area contributed by atoms with E-state index in [9.17, 15) is 0 Å². The van der Waals surface area contributed by atoms with Crippen LogP contribution >= 0.6 is 11.8 Å². The molecule has 1 atom stereocenters. The monoisotopic (exact) mass is 629 g/mol. The predicted octanol–water partition coefficient (Wildman–Crippen LogP) is 12.7. The fraction of sp³-hybridized carbons (Fsp3) is 0.0435. The van der Waals surface area contributed by atoms with Crippen LogP contribution < -0.4 is 0 Å². The number of rotatable bonds is 4. The van der Waals surface area contributed by atoms with Crippen molar-refractivity contribution in [3.63, 3.8) is 0 Å². The summed E-state index contributed by atoms with van der Waals surface area (Å²) >= 11 is 1.92. The minimum atomic E-state index is 0.484. The number of nitrogens with zero attached hydrogens (tertiary/aromatic N) is 1. The molecule has 0 bridgehead atoms. The maximum Gasteiger partial charge on any atom is 0.0546 e. The summed E-state index contributed by atoms with van der Waals surface area (Å²) in [6, 6.07) is 51.3. The number of para-hydroxylation sites is 1. The normalized spacial score (nSPS) is 16.2. The highest BCUT2D eigenvalue weighted by molar-refractivity contribution is 8.03. The fourth-order valence-corrected chi connectivity index (χ4v) is 9.02. The van der Waals surface area contributed by atoms with Crippen molar-refractivity contribution >= 4 is 39.1 Å². The molecule has 2 aliphatic carbocycles. The molecule has 0 saturated heterocycles. The lowest BCUT2D eigenvalue weighted by Gasteiger charge is -2.32. The van der Waals surface area contributed by atoms with E-state index in [1.807, 2.05) is 11.8 Å². The molecular weight excluding hydrogens is 599 g/mol. The lowest BCUT2D eigenvalue weighted by Crippen LogP contribution is -2.13. The average molecular weight is 630 g/mol. The number of hydrogen-bond acceptors (Lipinski definition) is 1. The summed E-state index contributed by atoms with van der Waals surface area (Å²) in [4.78, 5) is 2.75. The van der Waals surface area contributed by atoms with E-state index in [2.05, 4.69) is 174 Å². The Morgan fingerprint density at radius 1 is 0.562 bits per heavy atom. The van der Waals surface area contributed by atoms with Gasteiger partial charge in [-0.2, -0.15) is 0 Å². The van der Waals surface area contributed by atoms with Crippen molar-refractivity contribution in [2.24, 2.45) is 5.92 Å². The van der Waals surface area contributed by atoms with Crippen molar-refractivity contribution in [1.29, 1.82) is 0 Å². The molecule has 1 aromatic heterocycles. The van der Waals surface area contributed by atoms with Gasteiger partial charge in [-0.1, -0.05) is 139 Å². The molecule has 226 valence electrons. The minimum absolute atomic E-state index is 0.484. The van der Waals surface area contributed by atoms with E-state index in [0.29, 0.717) is 5.92 Å². The van der Waals surface area contributed by atoms with Crippen LogP contribution in [0.2, 0.25) is 0 Å². The van der Waals surface area contributed by atoms with Gasteiger partial charge in [0.1, 0.15) is 0 Å². The summed E-state index contributed by atoms with van der Waals surface area (Å²) in [7, 11) is 0. The Morgan fingerprint density at radius 2 is 1.27 bits per heavy atom. The molecule has 1 unspecified atom stereocenters. The first-order valence-corrected chi connectivity index (χ1v) is 17.5. The number of benzene rings is 6. The number of hydrogen-bond donors (Lipinski definition) is 0. The molecule has 2 heterocycles. The zero-order valence-electron chi connectivity index (χ0n) is 26.3. The number of fused-ring (bicyclic) bond motifs is 5. The van der Waals surface area contributed by atoms with Crippen LogP contribution in [-0.4, -0.2) is 4.57 Å². The van der Waals surface area contributed by atoms with Crippen LogP contribution in [0, 0.1) is 5.92 Å². The van der Waals surface area contributed by atoms with Gasteiger partial charge in [0.2, 0.25) is 0 Å². The van der Waals surface area contributed by atoms with E-state index in [1.54, 1.807) is 0 Å². The first-order chi connectivity index (χ1) is 23.8. The van der Waals surface area contributed by atoms with Crippen LogP contribution in [0.1, 0.15) is 12.0 Å². The van der Waals surface area contributed by atoms with Crippen LogP contribution in [0.3, 0.4) is 0 Å². The maximum absolute atomic E-state index is 2.47. The van der Waals surface area contributed by atoms with Crippen LogP contribution in [0.25, 0.3) is 66.4 Å². The Bertz CT molecular complexity index is 2540. The SMILES string of the molecule is C1=CC2CC=CC3=C2C(=C1)Sc1ccc(-c2ccc4c(c2)c2ccccc2n4-c2cc(-c4ccccc4)ccc2-c2ccccc2)cc13. The number of thioether (sulfide) groups is 1. The van der Waals surface area contributed by atoms with Crippen molar-refractivity contribution in [3.05, 3.63) is 186 Å². The molecule has 3 aliphatic rings. The van der Waals surface area contributed by atoms with Crippen LogP contribution in [-0.2, 0) is 0 Å². The molecule has 0 fully saturated rings. The third kappa shape index (κ3) is 4.33. The van der Waals surface area contributed by atoms with E-state index in [1.165, 1.54) is 87.4 Å². The molecule has 48 heavy (non-hydrogen) atoms. The Hall–Kier alpha value is -5.57. The molecule has 7 aromatic rings. The van der Waals surface area contributed by atoms with E-state index >= 15 is 0 Å². The van der Waals surface area contributed by atoms with Gasteiger partial charge in [-0.15, -0.1) is 0 Å². The molecule has 2 heteroatoms. The smallest absolute Gasteiger partial charge is 0.0546 e. The molecule has 0 radical (unpaired) electrons. The van der Waals surface area contributed by atoms with Gasteiger partial charge >= 0.3 is 0 Å². The van der Waals surface area contributed by atoms with Crippen LogP contribution in [0.5, 0.6) is 0 Å².